The summed E-state index contributed by atoms with van der Waals surface area (Å²) < 4.78 is 33.7. The van der Waals surface area contributed by atoms with E-state index >= 15 is 0 Å². The van der Waals surface area contributed by atoms with Gasteiger partial charge in [-0.2, -0.15) is 4.72 Å². The van der Waals surface area contributed by atoms with Gasteiger partial charge in [0.25, 0.3) is 5.56 Å². The lowest BCUT2D eigenvalue weighted by atomic mass is 10.1. The van der Waals surface area contributed by atoms with E-state index in [0.29, 0.717) is 10.1 Å². The lowest BCUT2D eigenvalue weighted by Gasteiger charge is -2.19. The summed E-state index contributed by atoms with van der Waals surface area (Å²) in [5, 5.41) is 0.922. The molecule has 0 radical (unpaired) electrons. The number of aromatic nitrogens is 2. The van der Waals surface area contributed by atoms with Crippen LogP contribution in [-0.2, 0) is 33.7 Å². The number of sulfonamides is 1. The van der Waals surface area contributed by atoms with E-state index in [2.05, 4.69) is 4.72 Å². The fourth-order valence-corrected chi connectivity index (χ4v) is 3.96. The van der Waals surface area contributed by atoms with Crippen molar-refractivity contribution in [1.82, 2.24) is 13.9 Å². The molecule has 0 aliphatic heterocycles. The molecule has 0 aliphatic carbocycles. The first-order valence-corrected chi connectivity index (χ1v) is 11.4. The van der Waals surface area contributed by atoms with Gasteiger partial charge in [0.2, 0.25) is 15.8 Å². The number of carbonyl (C=O) groups is 2. The van der Waals surface area contributed by atoms with Crippen LogP contribution in [-0.4, -0.2) is 42.0 Å². The molecule has 1 aromatic heterocycles. The van der Waals surface area contributed by atoms with E-state index in [0.717, 1.165) is 9.98 Å². The molecule has 3 N–H and O–H groups in total. The Balaban J connectivity index is 2.15. The Bertz CT molecular complexity index is 1290. The van der Waals surface area contributed by atoms with Gasteiger partial charge in [-0.1, -0.05) is 44.2 Å². The highest BCUT2D eigenvalue weighted by atomic mass is 32.2. The van der Waals surface area contributed by atoms with E-state index < -0.39 is 57.2 Å². The average molecular weight is 479 g/mol. The van der Waals surface area contributed by atoms with E-state index in [1.54, 1.807) is 44.2 Å². The summed E-state index contributed by atoms with van der Waals surface area (Å²) in [6, 6.07) is 7.41. The highest BCUT2D eigenvalue weighted by Gasteiger charge is 2.29. The third-order valence-electron chi connectivity index (χ3n) is 4.79. The monoisotopic (exact) mass is 478 g/mol. The Kier molecular flexibility index (Phi) is 8.12. The van der Waals surface area contributed by atoms with E-state index in [4.69, 9.17) is 10.5 Å². The van der Waals surface area contributed by atoms with Gasteiger partial charge in [0, 0.05) is 19.5 Å². The van der Waals surface area contributed by atoms with Gasteiger partial charge in [-0.3, -0.25) is 23.5 Å². The predicted octanol–water partition coefficient (Wildman–Crippen LogP) is 0.00700. The summed E-state index contributed by atoms with van der Waals surface area (Å²) in [6.07, 6.45) is 1.37. The topological polar surface area (TPSA) is 160 Å². The van der Waals surface area contributed by atoms with Gasteiger partial charge in [-0.25, -0.2) is 13.2 Å². The summed E-state index contributed by atoms with van der Waals surface area (Å²) in [5.74, 6) is -2.80. The summed E-state index contributed by atoms with van der Waals surface area (Å²) >= 11 is 0. The number of nitrogens with one attached hydrogen (secondary N) is 1. The van der Waals surface area contributed by atoms with E-state index in [9.17, 15) is 27.6 Å². The zero-order valence-corrected chi connectivity index (χ0v) is 19.5. The number of nitrogens with zero attached hydrogens (tertiary/aromatic N) is 2. The summed E-state index contributed by atoms with van der Waals surface area (Å²) in [6.45, 7) is 2.33. The van der Waals surface area contributed by atoms with Gasteiger partial charge in [-0.05, 0) is 17.6 Å². The number of nitrogen functional groups attached to an aromatic ring is 1. The SMILES string of the molecule is CC(C)C(NS(=O)(=O)/C=C/c1ccccc1)C(=O)OCC(=O)c1c(N)n(C)c(=O)n(C)c1=O. The standard InChI is InChI=1S/C21H26N4O7S/c1-13(2)17(23-33(30,31)11-10-14-8-6-5-7-9-14)20(28)32-12-15(26)16-18(22)24(3)21(29)25(4)19(16)27/h5-11,13,17,23H,12,22H2,1-4H3/b11-10+. The number of anilines is 1. The molecule has 178 valence electrons. The molecule has 11 nitrogen and oxygen atoms in total. The van der Waals surface area contributed by atoms with Crippen LogP contribution in [0.2, 0.25) is 0 Å². The van der Waals surface area contributed by atoms with Gasteiger partial charge in [0.15, 0.2) is 6.61 Å². The van der Waals surface area contributed by atoms with Crippen molar-refractivity contribution in [3.05, 3.63) is 67.7 Å². The Morgan fingerprint density at radius 2 is 1.73 bits per heavy atom. The van der Waals surface area contributed by atoms with Crippen LogP contribution >= 0.6 is 0 Å². The number of esters is 1. The van der Waals surface area contributed by atoms with Crippen molar-refractivity contribution in [3.8, 4) is 0 Å². The van der Waals surface area contributed by atoms with Crippen molar-refractivity contribution in [3.63, 3.8) is 0 Å². The Labute approximate surface area is 190 Å². The second-order valence-corrected chi connectivity index (χ2v) is 9.19. The molecule has 0 spiro atoms. The van der Waals surface area contributed by atoms with Crippen LogP contribution in [0.1, 0.15) is 29.8 Å². The molecule has 0 fully saturated rings. The molecular formula is C21H26N4O7S. The number of carbonyl (C=O) groups excluding carboxylic acids is 2. The lowest BCUT2D eigenvalue weighted by molar-refractivity contribution is -0.145. The summed E-state index contributed by atoms with van der Waals surface area (Å²) in [7, 11) is -1.55. The molecular weight excluding hydrogens is 452 g/mol. The smallest absolute Gasteiger partial charge is 0.332 e. The number of nitrogens with two attached hydrogens (primary N) is 1. The molecule has 1 heterocycles. The molecule has 1 atom stereocenters. The summed E-state index contributed by atoms with van der Waals surface area (Å²) in [5.41, 5.74) is 4.22. The quantitative estimate of drug-likeness (QED) is 0.376. The molecule has 0 amide bonds. The Morgan fingerprint density at radius 3 is 2.30 bits per heavy atom. The molecule has 2 rings (SSSR count). The maximum Gasteiger partial charge on any atom is 0.332 e. The average Bonchev–Trinajstić information content (AvgIpc) is 2.77. The Hall–Kier alpha value is -3.51. The van der Waals surface area contributed by atoms with Crippen LogP contribution in [0.3, 0.4) is 0 Å². The zero-order valence-electron chi connectivity index (χ0n) is 18.6. The van der Waals surface area contributed by atoms with Crippen molar-refractivity contribution in [2.45, 2.75) is 19.9 Å². The zero-order chi connectivity index (χ0) is 24.9. The third-order valence-corrected chi connectivity index (χ3v) is 5.86. The number of hydrogen-bond acceptors (Lipinski definition) is 8. The number of ether oxygens (including phenoxy) is 1. The molecule has 2 aromatic rings. The number of rotatable bonds is 9. The van der Waals surface area contributed by atoms with Crippen LogP contribution in [0.15, 0.2) is 45.3 Å². The maximum atomic E-state index is 12.5. The highest BCUT2D eigenvalue weighted by molar-refractivity contribution is 7.92. The highest BCUT2D eigenvalue weighted by Crippen LogP contribution is 2.10. The summed E-state index contributed by atoms with van der Waals surface area (Å²) in [4.78, 5) is 49.2. The largest absolute Gasteiger partial charge is 0.456 e. The fourth-order valence-electron chi connectivity index (χ4n) is 2.83. The first-order chi connectivity index (χ1) is 15.4. The van der Waals surface area contributed by atoms with E-state index in [-0.39, 0.29) is 5.82 Å². The molecule has 12 heteroatoms. The van der Waals surface area contributed by atoms with Gasteiger partial charge < -0.3 is 10.5 Å². The maximum absolute atomic E-state index is 12.5. The number of ketones is 1. The van der Waals surface area contributed by atoms with Gasteiger partial charge in [0.1, 0.15) is 17.4 Å². The molecule has 1 aromatic carbocycles. The number of benzene rings is 1. The molecule has 0 saturated carbocycles. The van der Waals surface area contributed by atoms with Crippen LogP contribution in [0.25, 0.3) is 6.08 Å². The first kappa shape index (κ1) is 25.7. The van der Waals surface area contributed by atoms with Gasteiger partial charge >= 0.3 is 11.7 Å². The van der Waals surface area contributed by atoms with E-state index in [1.807, 2.05) is 0 Å². The van der Waals surface area contributed by atoms with Crippen molar-refractivity contribution >= 4 is 33.7 Å². The van der Waals surface area contributed by atoms with E-state index in [1.165, 1.54) is 20.2 Å². The molecule has 33 heavy (non-hydrogen) atoms. The second kappa shape index (κ2) is 10.4. The van der Waals surface area contributed by atoms with Crippen LogP contribution in [0.5, 0.6) is 0 Å². The molecule has 0 saturated heterocycles. The van der Waals surface area contributed by atoms with Crippen LogP contribution in [0, 0.1) is 5.92 Å². The van der Waals surface area contributed by atoms with Crippen molar-refractivity contribution in [1.29, 1.82) is 0 Å². The lowest BCUT2D eigenvalue weighted by Crippen LogP contribution is -2.45. The van der Waals surface area contributed by atoms with Crippen molar-refractivity contribution in [2.75, 3.05) is 12.3 Å². The van der Waals surface area contributed by atoms with Crippen molar-refractivity contribution in [2.24, 2.45) is 20.0 Å². The van der Waals surface area contributed by atoms with Crippen molar-refractivity contribution < 1.29 is 22.7 Å². The van der Waals surface area contributed by atoms with Crippen LogP contribution < -0.4 is 21.7 Å². The number of hydrogen-bond donors (Lipinski definition) is 2. The Morgan fingerprint density at radius 1 is 1.12 bits per heavy atom. The van der Waals surface area contributed by atoms with Gasteiger partial charge in [-0.15, -0.1) is 0 Å². The minimum Gasteiger partial charge on any atom is -0.456 e. The first-order valence-electron chi connectivity index (χ1n) is 9.86. The van der Waals surface area contributed by atoms with Crippen LogP contribution in [0.4, 0.5) is 5.82 Å². The normalized spacial score (nSPS) is 12.8. The fraction of sp³-hybridized carbons (Fsp3) is 0.333. The third kappa shape index (κ3) is 6.26. The minimum atomic E-state index is -4.02. The number of Topliss-reactive ketones (excluding diaryl/α,β-unsaturated/α-hetero) is 1. The van der Waals surface area contributed by atoms with Gasteiger partial charge in [0.05, 0.1) is 0 Å². The second-order valence-electron chi connectivity index (χ2n) is 7.59. The molecule has 0 aliphatic rings. The predicted molar refractivity (Wildman–Crippen MR) is 123 cm³/mol. The minimum absolute atomic E-state index is 0.365. The molecule has 1 unspecified atom stereocenters. The molecule has 0 bridgehead atoms.